The molecule has 0 radical (unpaired) electrons. The number of rotatable bonds is 4. The number of aromatic nitrogens is 1. The molecule has 1 aromatic heterocycles. The number of nitrogens with zero attached hydrogens (tertiary/aromatic N) is 2. The molecule has 0 spiro atoms. The van der Waals surface area contributed by atoms with Crippen LogP contribution in [0.15, 0.2) is 24.3 Å². The van der Waals surface area contributed by atoms with Crippen molar-refractivity contribution in [2.24, 2.45) is 0 Å². The first-order valence-electron chi connectivity index (χ1n) is 9.57. The van der Waals surface area contributed by atoms with Gasteiger partial charge in [-0.1, -0.05) is 18.2 Å². The molecule has 1 saturated heterocycles. The number of nitrogens with one attached hydrogen (secondary N) is 2. The van der Waals surface area contributed by atoms with Crippen LogP contribution < -0.4 is 10.6 Å². The molecule has 0 saturated carbocycles. The number of carbonyl (C=O) groups excluding carboxylic acids is 1. The lowest BCUT2D eigenvalue weighted by Crippen LogP contribution is -2.42. The molecule has 2 aromatic rings. The summed E-state index contributed by atoms with van der Waals surface area (Å²) in [6.45, 7) is 4.92. The number of morpholine rings is 1. The van der Waals surface area contributed by atoms with Gasteiger partial charge in [-0.05, 0) is 37.3 Å². The fraction of sp³-hybridized carbons (Fsp3) is 0.500. The van der Waals surface area contributed by atoms with Gasteiger partial charge in [-0.15, -0.1) is 0 Å². The summed E-state index contributed by atoms with van der Waals surface area (Å²) in [7, 11) is 0. The molecule has 1 fully saturated rings. The van der Waals surface area contributed by atoms with Crippen molar-refractivity contribution in [3.8, 4) is 0 Å². The normalized spacial score (nSPS) is 17.7. The minimum absolute atomic E-state index is 0.137. The molecule has 1 aliphatic heterocycles. The number of anilines is 1. The van der Waals surface area contributed by atoms with Gasteiger partial charge in [-0.3, -0.25) is 9.88 Å². The molecule has 6 heteroatoms. The zero-order chi connectivity index (χ0) is 17.8. The predicted octanol–water partition coefficient (Wildman–Crippen LogP) is 2.57. The average Bonchev–Trinajstić information content (AvgIpc) is 2.68. The molecule has 26 heavy (non-hydrogen) atoms. The number of ether oxygens (including phenoxy) is 1. The number of aryl methyl sites for hydroxylation is 1. The van der Waals surface area contributed by atoms with Crippen LogP contribution >= 0.6 is 0 Å². The number of hydrogen-bond donors (Lipinski definition) is 2. The molecule has 0 unspecified atom stereocenters. The first-order chi connectivity index (χ1) is 12.8. The maximum Gasteiger partial charge on any atom is 0.319 e. The van der Waals surface area contributed by atoms with Crippen LogP contribution in [0.4, 0.5) is 10.5 Å². The largest absolute Gasteiger partial charge is 0.379 e. The number of hydrogen-bond acceptors (Lipinski definition) is 4. The molecule has 2 aliphatic rings. The molecule has 138 valence electrons. The zero-order valence-corrected chi connectivity index (χ0v) is 15.1. The SMILES string of the molecule is O=C(NCCN1CCOCC1)Nc1c2c(nc3ccccc13)CCCC2. The lowest BCUT2D eigenvalue weighted by atomic mass is 9.93. The minimum atomic E-state index is -0.137. The second-order valence-corrected chi connectivity index (χ2v) is 6.97. The van der Waals surface area contributed by atoms with Crippen LogP contribution in [-0.2, 0) is 17.6 Å². The number of carbonyl (C=O) groups is 1. The summed E-state index contributed by atoms with van der Waals surface area (Å²) in [5.41, 5.74) is 4.24. The summed E-state index contributed by atoms with van der Waals surface area (Å²) >= 11 is 0. The van der Waals surface area contributed by atoms with Crippen LogP contribution in [0.25, 0.3) is 10.9 Å². The van der Waals surface area contributed by atoms with Crippen LogP contribution in [-0.4, -0.2) is 55.3 Å². The summed E-state index contributed by atoms with van der Waals surface area (Å²) in [5, 5.41) is 7.14. The highest BCUT2D eigenvalue weighted by Gasteiger charge is 2.19. The number of amides is 2. The van der Waals surface area contributed by atoms with Crippen molar-refractivity contribution in [3.05, 3.63) is 35.5 Å². The van der Waals surface area contributed by atoms with E-state index >= 15 is 0 Å². The van der Waals surface area contributed by atoms with Crippen molar-refractivity contribution in [3.63, 3.8) is 0 Å². The highest BCUT2D eigenvalue weighted by molar-refractivity contribution is 6.02. The maximum atomic E-state index is 12.5. The quantitative estimate of drug-likeness (QED) is 0.886. The maximum absolute atomic E-state index is 12.5. The topological polar surface area (TPSA) is 66.5 Å². The Hall–Kier alpha value is -2.18. The fourth-order valence-corrected chi connectivity index (χ4v) is 3.83. The molecule has 2 N–H and O–H groups in total. The Bertz CT molecular complexity index is 787. The van der Waals surface area contributed by atoms with Gasteiger partial charge in [0.1, 0.15) is 0 Å². The van der Waals surface area contributed by atoms with E-state index in [1.54, 1.807) is 0 Å². The first-order valence-corrected chi connectivity index (χ1v) is 9.57. The Morgan fingerprint density at radius 1 is 1.15 bits per heavy atom. The number of benzene rings is 1. The number of pyridine rings is 1. The lowest BCUT2D eigenvalue weighted by Gasteiger charge is -2.26. The van der Waals surface area contributed by atoms with E-state index in [1.165, 1.54) is 12.0 Å². The highest BCUT2D eigenvalue weighted by atomic mass is 16.5. The Kier molecular flexibility index (Phi) is 5.32. The van der Waals surface area contributed by atoms with Gasteiger partial charge in [0, 0.05) is 37.3 Å². The smallest absolute Gasteiger partial charge is 0.319 e. The van der Waals surface area contributed by atoms with Gasteiger partial charge in [0.05, 0.1) is 24.4 Å². The predicted molar refractivity (Wildman–Crippen MR) is 103 cm³/mol. The Morgan fingerprint density at radius 2 is 1.96 bits per heavy atom. The molecular weight excluding hydrogens is 328 g/mol. The lowest BCUT2D eigenvalue weighted by molar-refractivity contribution is 0.0388. The second kappa shape index (κ2) is 8.01. The van der Waals surface area contributed by atoms with E-state index in [2.05, 4.69) is 15.5 Å². The van der Waals surface area contributed by atoms with Crippen molar-refractivity contribution in [1.82, 2.24) is 15.2 Å². The summed E-state index contributed by atoms with van der Waals surface area (Å²) in [4.78, 5) is 19.6. The van der Waals surface area contributed by atoms with Crippen LogP contribution in [0.5, 0.6) is 0 Å². The average molecular weight is 354 g/mol. The number of urea groups is 1. The van der Waals surface area contributed by atoms with Crippen LogP contribution in [0.2, 0.25) is 0 Å². The van der Waals surface area contributed by atoms with E-state index in [-0.39, 0.29) is 6.03 Å². The van der Waals surface area contributed by atoms with Crippen molar-refractivity contribution < 1.29 is 9.53 Å². The summed E-state index contributed by atoms with van der Waals surface area (Å²) in [6.07, 6.45) is 4.30. The Morgan fingerprint density at radius 3 is 2.85 bits per heavy atom. The first kappa shape index (κ1) is 17.2. The molecule has 4 rings (SSSR count). The van der Waals surface area contributed by atoms with Gasteiger partial charge < -0.3 is 15.4 Å². The molecule has 2 amide bonds. The van der Waals surface area contributed by atoms with Gasteiger partial charge in [0.25, 0.3) is 0 Å². The van der Waals surface area contributed by atoms with E-state index in [0.717, 1.165) is 74.4 Å². The van der Waals surface area contributed by atoms with E-state index in [0.29, 0.717) is 6.54 Å². The van der Waals surface area contributed by atoms with Crippen LogP contribution in [0, 0.1) is 0 Å². The molecule has 1 aliphatic carbocycles. The molecule has 0 atom stereocenters. The van der Waals surface area contributed by atoms with Crippen molar-refractivity contribution in [2.75, 3.05) is 44.7 Å². The highest BCUT2D eigenvalue weighted by Crippen LogP contribution is 2.33. The Labute approximate surface area is 153 Å². The standard InChI is InChI=1S/C20H26N4O2/c25-20(21-9-10-24-11-13-26-14-12-24)23-19-15-5-1-3-7-17(15)22-18-8-4-2-6-16(18)19/h1,3,5,7H,2,4,6,8-14H2,(H2,21,22,23,25). The third kappa shape index (κ3) is 3.81. The Balaban J connectivity index is 1.46. The van der Waals surface area contributed by atoms with E-state index in [4.69, 9.17) is 9.72 Å². The van der Waals surface area contributed by atoms with Crippen molar-refractivity contribution in [1.29, 1.82) is 0 Å². The summed E-state index contributed by atoms with van der Waals surface area (Å²) in [5.74, 6) is 0. The monoisotopic (exact) mass is 354 g/mol. The second-order valence-electron chi connectivity index (χ2n) is 6.97. The third-order valence-corrected chi connectivity index (χ3v) is 5.23. The minimum Gasteiger partial charge on any atom is -0.379 e. The summed E-state index contributed by atoms with van der Waals surface area (Å²) in [6, 6.07) is 7.92. The van der Waals surface area contributed by atoms with E-state index in [1.807, 2.05) is 24.3 Å². The van der Waals surface area contributed by atoms with Crippen molar-refractivity contribution in [2.45, 2.75) is 25.7 Å². The van der Waals surface area contributed by atoms with Gasteiger partial charge in [0.2, 0.25) is 0 Å². The van der Waals surface area contributed by atoms with Crippen LogP contribution in [0.3, 0.4) is 0 Å². The molecule has 6 nitrogen and oxygen atoms in total. The van der Waals surface area contributed by atoms with Gasteiger partial charge >= 0.3 is 6.03 Å². The van der Waals surface area contributed by atoms with E-state index in [9.17, 15) is 4.79 Å². The zero-order valence-electron chi connectivity index (χ0n) is 15.1. The number of para-hydroxylation sites is 1. The molecular formula is C20H26N4O2. The summed E-state index contributed by atoms with van der Waals surface area (Å²) < 4.78 is 5.35. The third-order valence-electron chi connectivity index (χ3n) is 5.23. The van der Waals surface area contributed by atoms with Crippen molar-refractivity contribution >= 4 is 22.6 Å². The molecule has 2 heterocycles. The van der Waals surface area contributed by atoms with E-state index < -0.39 is 0 Å². The van der Waals surface area contributed by atoms with Crippen LogP contribution in [0.1, 0.15) is 24.1 Å². The molecule has 1 aromatic carbocycles. The van der Waals surface area contributed by atoms with Gasteiger partial charge in [-0.2, -0.15) is 0 Å². The van der Waals surface area contributed by atoms with Gasteiger partial charge in [0.15, 0.2) is 0 Å². The fourth-order valence-electron chi connectivity index (χ4n) is 3.83. The number of fused-ring (bicyclic) bond motifs is 2. The van der Waals surface area contributed by atoms with Gasteiger partial charge in [-0.25, -0.2) is 4.79 Å². The molecule has 0 bridgehead atoms.